The van der Waals surface area contributed by atoms with Crippen LogP contribution in [0.15, 0.2) is 59.7 Å². The molecule has 2 fully saturated rings. The Morgan fingerprint density at radius 3 is 2.25 bits per heavy atom. The second-order valence-corrected chi connectivity index (χ2v) is 8.20. The SMILES string of the molecule is O=C(N/N=C/c1ccc(N2CCC3(CCCCC3)CC2)cc1)c1ccccc1. The fourth-order valence-electron chi connectivity index (χ4n) is 4.63. The fraction of sp³-hybridized carbons (Fsp3) is 0.417. The van der Waals surface area contributed by atoms with Gasteiger partial charge in [-0.15, -0.1) is 0 Å². The minimum Gasteiger partial charge on any atom is -0.371 e. The van der Waals surface area contributed by atoms with Crippen LogP contribution >= 0.6 is 0 Å². The van der Waals surface area contributed by atoms with Gasteiger partial charge in [0.15, 0.2) is 0 Å². The lowest BCUT2D eigenvalue weighted by Crippen LogP contribution is -2.41. The number of hydrazone groups is 1. The van der Waals surface area contributed by atoms with Crippen molar-refractivity contribution >= 4 is 17.8 Å². The minimum absolute atomic E-state index is 0.196. The van der Waals surface area contributed by atoms with Crippen LogP contribution in [0.4, 0.5) is 5.69 Å². The van der Waals surface area contributed by atoms with Crippen molar-refractivity contribution in [1.82, 2.24) is 5.43 Å². The van der Waals surface area contributed by atoms with Gasteiger partial charge in [-0.1, -0.05) is 49.6 Å². The summed E-state index contributed by atoms with van der Waals surface area (Å²) in [5.74, 6) is -0.196. The first-order chi connectivity index (χ1) is 13.7. The number of nitrogens with zero attached hydrogens (tertiary/aromatic N) is 2. The third kappa shape index (κ3) is 4.44. The van der Waals surface area contributed by atoms with Gasteiger partial charge in [0.25, 0.3) is 5.91 Å². The number of rotatable bonds is 4. The van der Waals surface area contributed by atoms with Crippen molar-refractivity contribution in [3.8, 4) is 0 Å². The topological polar surface area (TPSA) is 44.7 Å². The van der Waals surface area contributed by atoms with E-state index in [9.17, 15) is 4.79 Å². The van der Waals surface area contributed by atoms with Gasteiger partial charge in [-0.2, -0.15) is 5.10 Å². The van der Waals surface area contributed by atoms with Crippen molar-refractivity contribution in [2.24, 2.45) is 10.5 Å². The van der Waals surface area contributed by atoms with Crippen molar-refractivity contribution in [3.05, 3.63) is 65.7 Å². The van der Waals surface area contributed by atoms with Crippen molar-refractivity contribution in [2.75, 3.05) is 18.0 Å². The van der Waals surface area contributed by atoms with Crippen LogP contribution in [0.3, 0.4) is 0 Å². The first-order valence-corrected chi connectivity index (χ1v) is 10.5. The quantitative estimate of drug-likeness (QED) is 0.604. The Bertz CT molecular complexity index is 798. The van der Waals surface area contributed by atoms with Crippen molar-refractivity contribution in [2.45, 2.75) is 44.9 Å². The molecule has 0 bridgehead atoms. The second kappa shape index (κ2) is 8.59. The summed E-state index contributed by atoms with van der Waals surface area (Å²) in [6, 6.07) is 17.6. The van der Waals surface area contributed by atoms with E-state index in [0.29, 0.717) is 11.0 Å². The van der Waals surface area contributed by atoms with Gasteiger partial charge in [0.05, 0.1) is 6.21 Å². The number of amides is 1. The molecule has 146 valence electrons. The van der Waals surface area contributed by atoms with Gasteiger partial charge in [0.1, 0.15) is 0 Å². The summed E-state index contributed by atoms with van der Waals surface area (Å²) in [5.41, 5.74) is 6.10. The first-order valence-electron chi connectivity index (χ1n) is 10.5. The number of carbonyl (C=O) groups excluding carboxylic acids is 1. The van der Waals surface area contributed by atoms with Gasteiger partial charge in [-0.3, -0.25) is 4.79 Å². The number of hydrogen-bond acceptors (Lipinski definition) is 3. The average molecular weight is 376 g/mol. The summed E-state index contributed by atoms with van der Waals surface area (Å²) in [4.78, 5) is 14.5. The molecule has 4 rings (SSSR count). The molecule has 1 N–H and O–H groups in total. The Morgan fingerprint density at radius 1 is 0.893 bits per heavy atom. The summed E-state index contributed by atoms with van der Waals surface area (Å²) in [7, 11) is 0. The van der Waals surface area contributed by atoms with Crippen LogP contribution in [-0.4, -0.2) is 25.2 Å². The Morgan fingerprint density at radius 2 is 1.57 bits per heavy atom. The van der Waals surface area contributed by atoms with Crippen LogP contribution in [0.5, 0.6) is 0 Å². The summed E-state index contributed by atoms with van der Waals surface area (Å²) >= 11 is 0. The molecule has 1 aliphatic heterocycles. The highest BCUT2D eigenvalue weighted by molar-refractivity contribution is 5.94. The molecular weight excluding hydrogens is 346 g/mol. The molecule has 2 aromatic rings. The van der Waals surface area contributed by atoms with E-state index in [1.54, 1.807) is 18.3 Å². The van der Waals surface area contributed by atoms with E-state index in [4.69, 9.17) is 0 Å². The Kier molecular flexibility index (Phi) is 5.75. The van der Waals surface area contributed by atoms with Crippen LogP contribution < -0.4 is 10.3 Å². The Balaban J connectivity index is 1.30. The fourth-order valence-corrected chi connectivity index (χ4v) is 4.63. The van der Waals surface area contributed by atoms with Crippen LogP contribution in [0.1, 0.15) is 60.9 Å². The first kappa shape index (κ1) is 18.7. The van der Waals surface area contributed by atoms with E-state index in [0.717, 1.165) is 5.56 Å². The zero-order chi connectivity index (χ0) is 19.2. The van der Waals surface area contributed by atoms with Gasteiger partial charge in [-0.25, -0.2) is 5.43 Å². The third-order valence-electron chi connectivity index (χ3n) is 6.41. The molecule has 1 saturated heterocycles. The molecule has 28 heavy (non-hydrogen) atoms. The molecule has 4 heteroatoms. The maximum atomic E-state index is 12.0. The van der Waals surface area contributed by atoms with Gasteiger partial charge in [0, 0.05) is 24.3 Å². The molecule has 2 aromatic carbocycles. The van der Waals surface area contributed by atoms with E-state index in [-0.39, 0.29) is 5.91 Å². The molecule has 4 nitrogen and oxygen atoms in total. The predicted molar refractivity (Wildman–Crippen MR) is 115 cm³/mol. The molecule has 1 heterocycles. The van der Waals surface area contributed by atoms with Crippen LogP contribution in [0.2, 0.25) is 0 Å². The highest BCUT2D eigenvalue weighted by Gasteiger charge is 2.35. The minimum atomic E-state index is -0.196. The zero-order valence-corrected chi connectivity index (χ0v) is 16.4. The van der Waals surface area contributed by atoms with Crippen LogP contribution in [0, 0.1) is 5.41 Å². The standard InChI is InChI=1S/C24H29N3O/c28-23(21-7-3-1-4-8-21)26-25-19-20-9-11-22(12-10-20)27-17-15-24(16-18-27)13-5-2-6-14-24/h1,3-4,7-12,19H,2,5-6,13-18H2,(H,26,28)/b25-19+. The third-order valence-corrected chi connectivity index (χ3v) is 6.41. The van der Waals surface area contributed by atoms with E-state index >= 15 is 0 Å². The Hall–Kier alpha value is -2.62. The maximum absolute atomic E-state index is 12.0. The van der Waals surface area contributed by atoms with Crippen LogP contribution in [-0.2, 0) is 0 Å². The molecule has 1 spiro atoms. The molecule has 0 aromatic heterocycles. The lowest BCUT2D eigenvalue weighted by molar-refractivity contribution is 0.0955. The summed E-state index contributed by atoms with van der Waals surface area (Å²) < 4.78 is 0. The van der Waals surface area contributed by atoms with E-state index in [1.807, 2.05) is 18.2 Å². The monoisotopic (exact) mass is 375 g/mol. The molecule has 1 aliphatic carbocycles. The summed E-state index contributed by atoms with van der Waals surface area (Å²) in [6.07, 6.45) is 11.5. The molecule has 0 radical (unpaired) electrons. The lowest BCUT2D eigenvalue weighted by atomic mass is 9.68. The molecule has 2 aliphatic rings. The number of piperidine rings is 1. The molecule has 1 amide bonds. The molecule has 1 saturated carbocycles. The smallest absolute Gasteiger partial charge is 0.271 e. The predicted octanol–water partition coefficient (Wildman–Crippen LogP) is 5.00. The van der Waals surface area contributed by atoms with Crippen molar-refractivity contribution in [3.63, 3.8) is 0 Å². The second-order valence-electron chi connectivity index (χ2n) is 8.20. The van der Waals surface area contributed by atoms with E-state index in [2.05, 4.69) is 39.7 Å². The number of nitrogens with one attached hydrogen (secondary N) is 1. The van der Waals surface area contributed by atoms with Gasteiger partial charge >= 0.3 is 0 Å². The van der Waals surface area contributed by atoms with Crippen molar-refractivity contribution in [1.29, 1.82) is 0 Å². The Labute approximate surface area is 167 Å². The lowest BCUT2D eigenvalue weighted by Gasteiger charge is -2.45. The summed E-state index contributed by atoms with van der Waals surface area (Å²) in [6.45, 7) is 2.33. The van der Waals surface area contributed by atoms with E-state index < -0.39 is 0 Å². The zero-order valence-electron chi connectivity index (χ0n) is 16.4. The van der Waals surface area contributed by atoms with Gasteiger partial charge < -0.3 is 4.90 Å². The number of benzene rings is 2. The molecule has 0 unspecified atom stereocenters. The average Bonchev–Trinajstić information content (AvgIpc) is 2.76. The normalized spacial score (nSPS) is 19.1. The van der Waals surface area contributed by atoms with Crippen molar-refractivity contribution < 1.29 is 4.79 Å². The molecule has 0 atom stereocenters. The number of anilines is 1. The number of hydrogen-bond donors (Lipinski definition) is 1. The van der Waals surface area contributed by atoms with E-state index in [1.165, 1.54) is 63.7 Å². The highest BCUT2D eigenvalue weighted by Crippen LogP contribution is 2.45. The van der Waals surface area contributed by atoms with Crippen LogP contribution in [0.25, 0.3) is 0 Å². The largest absolute Gasteiger partial charge is 0.371 e. The van der Waals surface area contributed by atoms with Gasteiger partial charge in [-0.05, 0) is 60.9 Å². The highest BCUT2D eigenvalue weighted by atomic mass is 16.2. The van der Waals surface area contributed by atoms with Gasteiger partial charge in [0.2, 0.25) is 0 Å². The number of carbonyl (C=O) groups is 1. The summed E-state index contributed by atoms with van der Waals surface area (Å²) in [5, 5.41) is 4.08. The maximum Gasteiger partial charge on any atom is 0.271 e. The molecular formula is C24H29N3O.